The van der Waals surface area contributed by atoms with Crippen molar-refractivity contribution in [2.75, 3.05) is 6.54 Å². The monoisotopic (exact) mass is 261 g/mol. The SMILES string of the molecule is CCNCc1nc(-c2ccccc2Cl)ncc1C. The molecule has 4 heteroatoms. The van der Waals surface area contributed by atoms with Gasteiger partial charge in [0.25, 0.3) is 0 Å². The summed E-state index contributed by atoms with van der Waals surface area (Å²) in [7, 11) is 0. The maximum Gasteiger partial charge on any atom is 0.160 e. The molecule has 0 fully saturated rings. The van der Waals surface area contributed by atoms with Crippen LogP contribution in [0, 0.1) is 6.92 Å². The average Bonchev–Trinajstić information content (AvgIpc) is 2.39. The lowest BCUT2D eigenvalue weighted by Crippen LogP contribution is -2.14. The van der Waals surface area contributed by atoms with Crippen molar-refractivity contribution < 1.29 is 0 Å². The van der Waals surface area contributed by atoms with Crippen LogP contribution >= 0.6 is 11.6 Å². The average molecular weight is 262 g/mol. The molecule has 2 aromatic rings. The van der Waals surface area contributed by atoms with Crippen LogP contribution in [0.1, 0.15) is 18.2 Å². The number of halogens is 1. The Labute approximate surface area is 112 Å². The largest absolute Gasteiger partial charge is 0.311 e. The summed E-state index contributed by atoms with van der Waals surface area (Å²) < 4.78 is 0. The summed E-state index contributed by atoms with van der Waals surface area (Å²) in [4.78, 5) is 8.94. The van der Waals surface area contributed by atoms with Gasteiger partial charge in [-0.2, -0.15) is 0 Å². The smallest absolute Gasteiger partial charge is 0.160 e. The van der Waals surface area contributed by atoms with Gasteiger partial charge in [0.1, 0.15) is 0 Å². The molecule has 0 atom stereocenters. The normalized spacial score (nSPS) is 10.6. The lowest BCUT2D eigenvalue weighted by Gasteiger charge is -2.08. The van der Waals surface area contributed by atoms with E-state index in [2.05, 4.69) is 22.2 Å². The lowest BCUT2D eigenvalue weighted by molar-refractivity contribution is 0.704. The van der Waals surface area contributed by atoms with Crippen LogP contribution < -0.4 is 5.32 Å². The number of aryl methyl sites for hydroxylation is 1. The Kier molecular flexibility index (Phi) is 4.28. The van der Waals surface area contributed by atoms with E-state index in [0.29, 0.717) is 10.8 Å². The minimum absolute atomic E-state index is 0.677. The van der Waals surface area contributed by atoms with Gasteiger partial charge in [0.05, 0.1) is 10.7 Å². The van der Waals surface area contributed by atoms with Crippen LogP contribution in [0.2, 0.25) is 5.02 Å². The van der Waals surface area contributed by atoms with E-state index in [9.17, 15) is 0 Å². The first-order chi connectivity index (χ1) is 8.72. The second-order valence-corrected chi connectivity index (χ2v) is 4.49. The highest BCUT2D eigenvalue weighted by molar-refractivity contribution is 6.33. The number of hydrogen-bond acceptors (Lipinski definition) is 3. The Balaban J connectivity index is 2.38. The molecule has 0 saturated carbocycles. The van der Waals surface area contributed by atoms with Crippen molar-refractivity contribution in [1.82, 2.24) is 15.3 Å². The molecule has 1 N–H and O–H groups in total. The van der Waals surface area contributed by atoms with Gasteiger partial charge in [-0.1, -0.05) is 30.7 Å². The van der Waals surface area contributed by atoms with E-state index >= 15 is 0 Å². The molecule has 0 aliphatic heterocycles. The van der Waals surface area contributed by atoms with Crippen molar-refractivity contribution in [2.24, 2.45) is 0 Å². The highest BCUT2D eigenvalue weighted by Gasteiger charge is 2.08. The second kappa shape index (κ2) is 5.94. The summed E-state index contributed by atoms with van der Waals surface area (Å²) in [6.07, 6.45) is 1.85. The summed E-state index contributed by atoms with van der Waals surface area (Å²) in [5.41, 5.74) is 2.98. The molecule has 0 radical (unpaired) electrons. The fourth-order valence-corrected chi connectivity index (χ4v) is 1.89. The molecule has 0 unspecified atom stereocenters. The van der Waals surface area contributed by atoms with Crippen LogP contribution in [0.4, 0.5) is 0 Å². The van der Waals surface area contributed by atoms with Crippen LogP contribution in [0.15, 0.2) is 30.5 Å². The molecule has 94 valence electrons. The zero-order valence-corrected chi connectivity index (χ0v) is 11.3. The molecular weight excluding hydrogens is 246 g/mol. The van der Waals surface area contributed by atoms with Crippen molar-refractivity contribution in [2.45, 2.75) is 20.4 Å². The number of nitrogens with one attached hydrogen (secondary N) is 1. The Morgan fingerprint density at radius 2 is 2.06 bits per heavy atom. The number of benzene rings is 1. The van der Waals surface area contributed by atoms with E-state index in [1.54, 1.807) is 0 Å². The summed E-state index contributed by atoms with van der Waals surface area (Å²) in [6.45, 7) is 5.77. The van der Waals surface area contributed by atoms with Crippen LogP contribution in [-0.2, 0) is 6.54 Å². The quantitative estimate of drug-likeness (QED) is 0.918. The standard InChI is InChI=1S/C14H16ClN3/c1-3-16-9-13-10(2)8-17-14(18-13)11-6-4-5-7-12(11)15/h4-8,16H,3,9H2,1-2H3. The minimum atomic E-state index is 0.677. The van der Waals surface area contributed by atoms with E-state index in [-0.39, 0.29) is 0 Å². The fraction of sp³-hybridized carbons (Fsp3) is 0.286. The summed E-state index contributed by atoms with van der Waals surface area (Å²) in [5, 5.41) is 3.95. The van der Waals surface area contributed by atoms with Crippen molar-refractivity contribution in [3.05, 3.63) is 46.7 Å². The van der Waals surface area contributed by atoms with E-state index in [4.69, 9.17) is 11.6 Å². The molecule has 0 aliphatic rings. The molecular formula is C14H16ClN3. The zero-order valence-electron chi connectivity index (χ0n) is 10.6. The zero-order chi connectivity index (χ0) is 13.0. The molecule has 0 saturated heterocycles. The first kappa shape index (κ1) is 13.0. The molecule has 1 heterocycles. The van der Waals surface area contributed by atoms with Crippen molar-refractivity contribution in [1.29, 1.82) is 0 Å². The predicted molar refractivity (Wildman–Crippen MR) is 74.6 cm³/mol. The van der Waals surface area contributed by atoms with E-state index in [1.165, 1.54) is 0 Å². The molecule has 0 bridgehead atoms. The molecule has 1 aromatic heterocycles. The van der Waals surface area contributed by atoms with E-state index in [1.807, 2.05) is 37.4 Å². The third-order valence-electron chi connectivity index (χ3n) is 2.73. The first-order valence-electron chi connectivity index (χ1n) is 6.00. The Morgan fingerprint density at radius 3 is 2.78 bits per heavy atom. The Bertz CT molecular complexity index is 540. The van der Waals surface area contributed by atoms with Crippen molar-refractivity contribution in [3.63, 3.8) is 0 Å². The molecule has 0 amide bonds. The molecule has 0 spiro atoms. The lowest BCUT2D eigenvalue weighted by atomic mass is 10.2. The maximum absolute atomic E-state index is 6.16. The molecule has 18 heavy (non-hydrogen) atoms. The number of nitrogens with zero attached hydrogens (tertiary/aromatic N) is 2. The van der Waals surface area contributed by atoms with Gasteiger partial charge in [0, 0.05) is 18.3 Å². The second-order valence-electron chi connectivity index (χ2n) is 4.08. The summed E-state index contributed by atoms with van der Waals surface area (Å²) in [6, 6.07) is 7.63. The fourth-order valence-electron chi connectivity index (χ4n) is 1.67. The third kappa shape index (κ3) is 2.86. The van der Waals surface area contributed by atoms with E-state index < -0.39 is 0 Å². The van der Waals surface area contributed by atoms with Gasteiger partial charge in [-0.05, 0) is 31.2 Å². The summed E-state index contributed by atoms with van der Waals surface area (Å²) in [5.74, 6) is 0.680. The van der Waals surface area contributed by atoms with Gasteiger partial charge in [-0.15, -0.1) is 0 Å². The number of aromatic nitrogens is 2. The molecule has 1 aromatic carbocycles. The predicted octanol–water partition coefficient (Wildman–Crippen LogP) is 3.21. The molecule has 0 aliphatic carbocycles. The summed E-state index contributed by atoms with van der Waals surface area (Å²) >= 11 is 6.16. The van der Waals surface area contributed by atoms with Gasteiger partial charge in [-0.25, -0.2) is 9.97 Å². The van der Waals surface area contributed by atoms with Gasteiger partial charge in [0.15, 0.2) is 5.82 Å². The van der Waals surface area contributed by atoms with Crippen LogP contribution in [0.5, 0.6) is 0 Å². The number of hydrogen-bond donors (Lipinski definition) is 1. The van der Waals surface area contributed by atoms with Crippen molar-refractivity contribution in [3.8, 4) is 11.4 Å². The van der Waals surface area contributed by atoms with Gasteiger partial charge in [0.2, 0.25) is 0 Å². The van der Waals surface area contributed by atoms with Gasteiger partial charge >= 0.3 is 0 Å². The highest BCUT2D eigenvalue weighted by Crippen LogP contribution is 2.24. The minimum Gasteiger partial charge on any atom is -0.311 e. The third-order valence-corrected chi connectivity index (χ3v) is 3.06. The molecule has 2 rings (SSSR count). The molecule has 3 nitrogen and oxygen atoms in total. The highest BCUT2D eigenvalue weighted by atomic mass is 35.5. The first-order valence-corrected chi connectivity index (χ1v) is 6.38. The van der Waals surface area contributed by atoms with Crippen LogP contribution in [0.3, 0.4) is 0 Å². The van der Waals surface area contributed by atoms with Gasteiger partial charge < -0.3 is 5.32 Å². The van der Waals surface area contributed by atoms with Gasteiger partial charge in [-0.3, -0.25) is 0 Å². The van der Waals surface area contributed by atoms with Crippen LogP contribution in [0.25, 0.3) is 11.4 Å². The van der Waals surface area contributed by atoms with Crippen LogP contribution in [-0.4, -0.2) is 16.5 Å². The maximum atomic E-state index is 6.16. The van der Waals surface area contributed by atoms with E-state index in [0.717, 1.165) is 29.9 Å². The van der Waals surface area contributed by atoms with Crippen molar-refractivity contribution >= 4 is 11.6 Å². The Hall–Kier alpha value is -1.45. The Morgan fingerprint density at radius 1 is 1.28 bits per heavy atom. The number of rotatable bonds is 4. The topological polar surface area (TPSA) is 37.8 Å².